The summed E-state index contributed by atoms with van der Waals surface area (Å²) in [6, 6.07) is 11.4. The lowest BCUT2D eigenvalue weighted by Gasteiger charge is -2.32. The van der Waals surface area contributed by atoms with Gasteiger partial charge in [-0.05, 0) is 94.9 Å². The number of hydrogen-bond donors (Lipinski definition) is 6. The van der Waals surface area contributed by atoms with Gasteiger partial charge in [0.05, 0.1) is 25.8 Å². The highest BCUT2D eigenvalue weighted by Crippen LogP contribution is 2.27. The summed E-state index contributed by atoms with van der Waals surface area (Å²) in [5, 5.41) is 24.7. The van der Waals surface area contributed by atoms with Gasteiger partial charge in [0.2, 0.25) is 17.7 Å². The van der Waals surface area contributed by atoms with Crippen molar-refractivity contribution >= 4 is 35.7 Å². The van der Waals surface area contributed by atoms with Crippen molar-refractivity contribution in [2.75, 3.05) is 19.8 Å². The van der Waals surface area contributed by atoms with Crippen molar-refractivity contribution in [3.8, 4) is 5.75 Å². The van der Waals surface area contributed by atoms with E-state index in [0.29, 0.717) is 36.3 Å². The Morgan fingerprint density at radius 2 is 1.54 bits per heavy atom. The summed E-state index contributed by atoms with van der Waals surface area (Å²) in [4.78, 5) is 80.6. The third-order valence-corrected chi connectivity index (χ3v) is 10.3. The zero-order valence-electron chi connectivity index (χ0n) is 34.9. The number of benzene rings is 2. The summed E-state index contributed by atoms with van der Waals surface area (Å²) in [7, 11) is 0. The van der Waals surface area contributed by atoms with E-state index in [9.17, 15) is 33.9 Å². The van der Waals surface area contributed by atoms with Crippen LogP contribution in [0, 0.1) is 5.92 Å². The number of amides is 5. The van der Waals surface area contributed by atoms with Crippen LogP contribution in [0.1, 0.15) is 115 Å². The zero-order valence-corrected chi connectivity index (χ0v) is 34.9. The minimum atomic E-state index is -1.78. The van der Waals surface area contributed by atoms with Crippen LogP contribution in [0.5, 0.6) is 5.75 Å². The molecule has 15 nitrogen and oxygen atoms in total. The first-order valence-corrected chi connectivity index (χ1v) is 21.0. The molecule has 0 radical (unpaired) electrons. The number of rotatable bonds is 12. The highest BCUT2D eigenvalue weighted by atomic mass is 16.6. The molecule has 6 N–H and O–H groups in total. The van der Waals surface area contributed by atoms with Crippen LogP contribution in [0.15, 0.2) is 54.6 Å². The lowest BCUT2D eigenvalue weighted by molar-refractivity contribution is -0.158. The Bertz CT molecular complexity index is 1690. The second-order valence-corrected chi connectivity index (χ2v) is 16.3. The second kappa shape index (κ2) is 23.4. The van der Waals surface area contributed by atoms with Gasteiger partial charge in [-0.2, -0.15) is 0 Å². The molecule has 4 rings (SSSR count). The van der Waals surface area contributed by atoms with Crippen LogP contribution in [0.2, 0.25) is 0 Å². The van der Waals surface area contributed by atoms with Crippen molar-refractivity contribution in [3.63, 3.8) is 0 Å². The van der Waals surface area contributed by atoms with E-state index in [4.69, 9.17) is 14.2 Å². The van der Waals surface area contributed by atoms with Crippen molar-refractivity contribution < 1.29 is 48.1 Å². The number of carbonyl (C=O) groups is 6. The Morgan fingerprint density at radius 3 is 2.22 bits per heavy atom. The van der Waals surface area contributed by atoms with E-state index >= 15 is 0 Å². The average Bonchev–Trinajstić information content (AvgIpc) is 3.21. The summed E-state index contributed by atoms with van der Waals surface area (Å²) >= 11 is 0. The summed E-state index contributed by atoms with van der Waals surface area (Å²) in [6.07, 6.45) is 5.72. The fourth-order valence-electron chi connectivity index (χ4n) is 7.27. The SMILES string of the molecule is CCCC(NC(=O)C1Cc2cccc(c2)OCCCCCCOC(=O)NC(C2CCCCC2)C(=O)N1)C(O)C(=O)NCC(=O)N[C@H](C(=O)OC(C)(C)C)c1ccccc1. The molecule has 5 amide bonds. The van der Waals surface area contributed by atoms with Crippen LogP contribution in [0.3, 0.4) is 0 Å². The first kappa shape index (κ1) is 46.5. The Labute approximate surface area is 347 Å². The van der Waals surface area contributed by atoms with E-state index in [1.54, 1.807) is 51.1 Å². The maximum atomic E-state index is 14.2. The predicted molar refractivity (Wildman–Crippen MR) is 220 cm³/mol. The molecule has 1 heterocycles. The molecule has 324 valence electrons. The molecular weight excluding hydrogens is 759 g/mol. The molecule has 1 aliphatic heterocycles. The molecule has 0 saturated heterocycles. The normalized spacial score (nSPS) is 20.3. The Kier molecular flexibility index (Phi) is 18.5. The molecule has 1 aliphatic carbocycles. The first-order chi connectivity index (χ1) is 28.2. The molecule has 1 saturated carbocycles. The Hall–Kier alpha value is -5.18. The number of carbonyl (C=O) groups excluding carboxylic acids is 6. The molecular formula is C44H63N5O10. The van der Waals surface area contributed by atoms with Crippen molar-refractivity contribution in [2.24, 2.45) is 5.92 Å². The third-order valence-electron chi connectivity index (χ3n) is 10.3. The summed E-state index contributed by atoms with van der Waals surface area (Å²) in [6.45, 7) is 7.05. The number of nitrogens with one attached hydrogen (secondary N) is 5. The van der Waals surface area contributed by atoms with E-state index < -0.39 is 78.1 Å². The highest BCUT2D eigenvalue weighted by Gasteiger charge is 2.36. The number of esters is 1. The van der Waals surface area contributed by atoms with Crippen molar-refractivity contribution in [2.45, 2.75) is 141 Å². The minimum Gasteiger partial charge on any atom is -0.494 e. The van der Waals surface area contributed by atoms with Gasteiger partial charge in [-0.3, -0.25) is 19.2 Å². The molecule has 1 fully saturated rings. The van der Waals surface area contributed by atoms with E-state index in [1.807, 2.05) is 31.2 Å². The minimum absolute atomic E-state index is 0.0398. The van der Waals surface area contributed by atoms with Crippen molar-refractivity contribution in [1.82, 2.24) is 26.6 Å². The predicted octanol–water partition coefficient (Wildman–Crippen LogP) is 4.30. The molecule has 5 atom stereocenters. The lowest BCUT2D eigenvalue weighted by atomic mass is 9.83. The summed E-state index contributed by atoms with van der Waals surface area (Å²) in [5.41, 5.74) is 0.357. The maximum Gasteiger partial charge on any atom is 0.407 e. The molecule has 59 heavy (non-hydrogen) atoms. The molecule has 0 aromatic heterocycles. The molecule has 4 unspecified atom stereocenters. The van der Waals surface area contributed by atoms with Crippen LogP contribution in [0.4, 0.5) is 4.79 Å². The van der Waals surface area contributed by atoms with E-state index in [2.05, 4.69) is 26.6 Å². The quantitative estimate of drug-likeness (QED) is 0.167. The fraction of sp³-hybridized carbons (Fsp3) is 0.591. The van der Waals surface area contributed by atoms with Crippen LogP contribution >= 0.6 is 0 Å². The molecule has 2 aliphatic rings. The standard InChI is InChI=1S/C44H63N5O10/c1-5-17-33(38(51)41(54)45-28-35(50)48-37(31-21-12-9-13-22-31)42(55)59-44(2,3)4)46-39(52)34-27-29-18-16-23-32(26-29)57-24-14-6-7-15-25-58-43(56)49-36(40(53)47-34)30-19-10-8-11-20-30/h9,12-13,16,18,21-23,26,30,33-34,36-38,51H,5-8,10-11,14-15,17,19-20,24-25,27-28H2,1-4H3,(H,45,54)(H,46,52)(H,47,53)(H,48,50)(H,49,56)/t33?,34?,36?,37-,38?/m0/s1. The smallest absolute Gasteiger partial charge is 0.407 e. The van der Waals surface area contributed by atoms with Gasteiger partial charge >= 0.3 is 12.1 Å². The number of cyclic esters (lactones) is 1. The number of hydrogen-bond acceptors (Lipinski definition) is 10. The van der Waals surface area contributed by atoms with E-state index in [1.165, 1.54) is 0 Å². The van der Waals surface area contributed by atoms with Gasteiger partial charge in [0.1, 0.15) is 23.4 Å². The lowest BCUT2D eigenvalue weighted by Crippen LogP contribution is -2.59. The molecule has 15 heteroatoms. The number of alkyl carbamates (subject to hydrolysis) is 1. The topological polar surface area (TPSA) is 210 Å². The number of fused-ring (bicyclic) bond motifs is 2. The van der Waals surface area contributed by atoms with E-state index in [0.717, 1.165) is 51.4 Å². The Balaban J connectivity index is 1.50. The van der Waals surface area contributed by atoms with Crippen molar-refractivity contribution in [3.05, 3.63) is 65.7 Å². The largest absolute Gasteiger partial charge is 0.494 e. The van der Waals surface area contributed by atoms with Gasteiger partial charge in [-0.1, -0.05) is 75.1 Å². The number of aliphatic hydroxyl groups excluding tert-OH is 1. The van der Waals surface area contributed by atoms with Crippen molar-refractivity contribution in [1.29, 1.82) is 0 Å². The third kappa shape index (κ3) is 15.8. The molecule has 0 spiro atoms. The maximum absolute atomic E-state index is 14.2. The van der Waals surface area contributed by atoms with Gasteiger partial charge in [-0.25, -0.2) is 9.59 Å². The van der Waals surface area contributed by atoms with Gasteiger partial charge in [-0.15, -0.1) is 0 Å². The van der Waals surface area contributed by atoms with Gasteiger partial charge in [0.25, 0.3) is 5.91 Å². The monoisotopic (exact) mass is 821 g/mol. The van der Waals surface area contributed by atoms with Gasteiger partial charge in [0.15, 0.2) is 12.1 Å². The van der Waals surface area contributed by atoms with Crippen LogP contribution < -0.4 is 31.3 Å². The average molecular weight is 822 g/mol. The zero-order chi connectivity index (χ0) is 42.8. The second-order valence-electron chi connectivity index (χ2n) is 16.3. The van der Waals surface area contributed by atoms with Gasteiger partial charge in [0, 0.05) is 6.42 Å². The Morgan fingerprint density at radius 1 is 0.864 bits per heavy atom. The summed E-state index contributed by atoms with van der Waals surface area (Å²) in [5.74, 6) is -3.07. The first-order valence-electron chi connectivity index (χ1n) is 21.0. The van der Waals surface area contributed by atoms with Gasteiger partial charge < -0.3 is 45.9 Å². The number of aliphatic hydroxyl groups is 1. The molecule has 2 bridgehead atoms. The summed E-state index contributed by atoms with van der Waals surface area (Å²) < 4.78 is 16.9. The van der Waals surface area contributed by atoms with Crippen LogP contribution in [-0.4, -0.2) is 90.4 Å². The number of ether oxygens (including phenoxy) is 3. The molecule has 2 aromatic carbocycles. The van der Waals surface area contributed by atoms with Crippen LogP contribution in [0.25, 0.3) is 0 Å². The van der Waals surface area contributed by atoms with Crippen LogP contribution in [-0.2, 0) is 39.9 Å². The highest BCUT2D eigenvalue weighted by molar-refractivity contribution is 5.93. The fourth-order valence-corrected chi connectivity index (χ4v) is 7.27. The molecule has 2 aromatic rings. The van der Waals surface area contributed by atoms with E-state index in [-0.39, 0.29) is 25.4 Å².